The molecular formula is C17H17ClN2O3. The zero-order chi connectivity index (χ0) is 16.8. The molecule has 0 fully saturated rings. The van der Waals surface area contributed by atoms with Gasteiger partial charge in [0, 0.05) is 6.20 Å². The third kappa shape index (κ3) is 5.07. The summed E-state index contributed by atoms with van der Waals surface area (Å²) in [7, 11) is 0. The molecule has 0 spiro atoms. The Bertz CT molecular complexity index is 732. The van der Waals surface area contributed by atoms with Crippen LogP contribution in [0.4, 0.5) is 5.69 Å². The van der Waals surface area contributed by atoms with Gasteiger partial charge in [-0.25, -0.2) is 4.98 Å². The number of rotatable bonds is 5. The lowest BCUT2D eigenvalue weighted by molar-refractivity contribution is -0.146. The van der Waals surface area contributed by atoms with Crippen LogP contribution in [0.3, 0.4) is 0 Å². The van der Waals surface area contributed by atoms with Crippen molar-refractivity contribution in [3.63, 3.8) is 0 Å². The Balaban J connectivity index is 1.83. The van der Waals surface area contributed by atoms with Gasteiger partial charge >= 0.3 is 5.97 Å². The average Bonchev–Trinajstić information content (AvgIpc) is 2.51. The second-order valence-electron chi connectivity index (χ2n) is 5.15. The molecule has 1 heterocycles. The van der Waals surface area contributed by atoms with Crippen LogP contribution in [0.1, 0.15) is 16.7 Å². The van der Waals surface area contributed by atoms with Crippen LogP contribution in [0.25, 0.3) is 0 Å². The highest BCUT2D eigenvalue weighted by atomic mass is 35.5. The molecule has 0 radical (unpaired) electrons. The Labute approximate surface area is 139 Å². The van der Waals surface area contributed by atoms with Crippen LogP contribution in [0.5, 0.6) is 0 Å². The summed E-state index contributed by atoms with van der Waals surface area (Å²) in [5.74, 6) is -0.922. The number of esters is 1. The van der Waals surface area contributed by atoms with Gasteiger partial charge < -0.3 is 10.1 Å². The van der Waals surface area contributed by atoms with Crippen molar-refractivity contribution in [2.45, 2.75) is 20.3 Å². The molecule has 6 heteroatoms. The van der Waals surface area contributed by atoms with Crippen molar-refractivity contribution in [1.82, 2.24) is 4.98 Å². The monoisotopic (exact) mass is 332 g/mol. The summed E-state index contributed by atoms with van der Waals surface area (Å²) in [6.45, 7) is 3.62. The van der Waals surface area contributed by atoms with Crippen molar-refractivity contribution in [2.24, 2.45) is 0 Å². The molecule has 1 amide bonds. The number of carbonyl (C=O) groups is 2. The Morgan fingerprint density at radius 3 is 2.70 bits per heavy atom. The Morgan fingerprint density at radius 2 is 2.00 bits per heavy atom. The van der Waals surface area contributed by atoms with Gasteiger partial charge in [0.2, 0.25) is 0 Å². The molecule has 23 heavy (non-hydrogen) atoms. The van der Waals surface area contributed by atoms with Crippen molar-refractivity contribution in [3.05, 3.63) is 58.4 Å². The third-order valence-corrected chi connectivity index (χ3v) is 3.62. The minimum absolute atomic E-state index is 0.127. The molecular weight excluding hydrogens is 316 g/mol. The topological polar surface area (TPSA) is 68.3 Å². The normalized spacial score (nSPS) is 10.2. The van der Waals surface area contributed by atoms with E-state index in [-0.39, 0.29) is 18.2 Å². The summed E-state index contributed by atoms with van der Waals surface area (Å²) in [5, 5.41) is 2.72. The maximum Gasteiger partial charge on any atom is 0.310 e. The van der Waals surface area contributed by atoms with Crippen LogP contribution in [0.15, 0.2) is 36.5 Å². The van der Waals surface area contributed by atoms with Gasteiger partial charge in [-0.1, -0.05) is 29.8 Å². The smallest absolute Gasteiger partial charge is 0.310 e. The molecule has 1 N–H and O–H groups in total. The van der Waals surface area contributed by atoms with Gasteiger partial charge in [-0.15, -0.1) is 0 Å². The summed E-state index contributed by atoms with van der Waals surface area (Å²) < 4.78 is 4.98. The fourth-order valence-corrected chi connectivity index (χ4v) is 2.11. The minimum Gasteiger partial charge on any atom is -0.455 e. The van der Waals surface area contributed by atoms with Crippen molar-refractivity contribution >= 4 is 29.2 Å². The fraction of sp³-hybridized carbons (Fsp3) is 0.235. The minimum atomic E-state index is -0.465. The lowest BCUT2D eigenvalue weighted by Crippen LogP contribution is -2.21. The number of nitrogens with zero attached hydrogens (tertiary/aromatic N) is 1. The summed E-state index contributed by atoms with van der Waals surface area (Å²) >= 11 is 5.83. The first-order valence-corrected chi connectivity index (χ1v) is 7.45. The molecule has 1 aromatic heterocycles. The first-order valence-electron chi connectivity index (χ1n) is 7.08. The van der Waals surface area contributed by atoms with Gasteiger partial charge in [-0.05, 0) is 42.7 Å². The number of hydrogen-bond acceptors (Lipinski definition) is 4. The Hall–Kier alpha value is -2.40. The lowest BCUT2D eigenvalue weighted by Gasteiger charge is -2.08. The molecule has 2 aromatic rings. The van der Waals surface area contributed by atoms with E-state index in [0.29, 0.717) is 5.69 Å². The lowest BCUT2D eigenvalue weighted by atomic mass is 10.0. The third-order valence-electron chi connectivity index (χ3n) is 3.32. The van der Waals surface area contributed by atoms with Gasteiger partial charge in [0.25, 0.3) is 5.91 Å². The van der Waals surface area contributed by atoms with E-state index in [1.54, 1.807) is 12.1 Å². The molecule has 5 nitrogen and oxygen atoms in total. The second kappa shape index (κ2) is 7.74. The SMILES string of the molecule is Cc1ccc(CC(=O)OCC(=O)Nc2cccnc2Cl)cc1C. The molecule has 0 aliphatic heterocycles. The molecule has 0 unspecified atom stereocenters. The molecule has 1 aromatic carbocycles. The number of halogens is 1. The highest BCUT2D eigenvalue weighted by Gasteiger charge is 2.11. The maximum absolute atomic E-state index is 11.8. The van der Waals surface area contributed by atoms with Crippen molar-refractivity contribution < 1.29 is 14.3 Å². The number of aromatic nitrogens is 1. The molecule has 0 aliphatic rings. The molecule has 0 saturated heterocycles. The fourth-order valence-electron chi connectivity index (χ4n) is 1.94. The van der Waals surface area contributed by atoms with E-state index in [9.17, 15) is 9.59 Å². The number of pyridine rings is 1. The second-order valence-corrected chi connectivity index (χ2v) is 5.50. The van der Waals surface area contributed by atoms with Crippen LogP contribution in [-0.2, 0) is 20.7 Å². The van der Waals surface area contributed by atoms with E-state index in [2.05, 4.69) is 10.3 Å². The van der Waals surface area contributed by atoms with Gasteiger partial charge in [0.1, 0.15) is 0 Å². The Morgan fingerprint density at radius 1 is 1.22 bits per heavy atom. The van der Waals surface area contributed by atoms with Gasteiger partial charge in [-0.3, -0.25) is 9.59 Å². The number of carbonyl (C=O) groups excluding carboxylic acids is 2. The largest absolute Gasteiger partial charge is 0.455 e. The number of hydrogen-bond donors (Lipinski definition) is 1. The van der Waals surface area contributed by atoms with E-state index < -0.39 is 11.9 Å². The number of benzene rings is 1. The summed E-state index contributed by atoms with van der Waals surface area (Å²) in [6, 6.07) is 9.03. The van der Waals surface area contributed by atoms with Crippen molar-refractivity contribution in [2.75, 3.05) is 11.9 Å². The van der Waals surface area contributed by atoms with Gasteiger partial charge in [-0.2, -0.15) is 0 Å². The molecule has 120 valence electrons. The number of aryl methyl sites for hydroxylation is 2. The Kier molecular flexibility index (Phi) is 5.71. The quantitative estimate of drug-likeness (QED) is 0.675. The van der Waals surface area contributed by atoms with E-state index in [1.807, 2.05) is 32.0 Å². The number of anilines is 1. The molecule has 0 saturated carbocycles. The first-order chi connectivity index (χ1) is 11.0. The zero-order valence-electron chi connectivity index (χ0n) is 12.9. The number of amides is 1. The van der Waals surface area contributed by atoms with Crippen LogP contribution in [0.2, 0.25) is 5.15 Å². The van der Waals surface area contributed by atoms with Crippen LogP contribution in [-0.4, -0.2) is 23.5 Å². The van der Waals surface area contributed by atoms with E-state index >= 15 is 0 Å². The predicted octanol–water partition coefficient (Wildman–Crippen LogP) is 3.08. The summed E-state index contributed by atoms with van der Waals surface area (Å²) in [5.41, 5.74) is 3.51. The highest BCUT2D eigenvalue weighted by Crippen LogP contribution is 2.17. The van der Waals surface area contributed by atoms with Crippen LogP contribution < -0.4 is 5.32 Å². The highest BCUT2D eigenvalue weighted by molar-refractivity contribution is 6.32. The van der Waals surface area contributed by atoms with E-state index in [1.165, 1.54) is 6.20 Å². The molecule has 0 aliphatic carbocycles. The first kappa shape index (κ1) is 17.0. The summed E-state index contributed by atoms with van der Waals surface area (Å²) in [6.07, 6.45) is 1.64. The predicted molar refractivity (Wildman–Crippen MR) is 88.5 cm³/mol. The molecule has 0 atom stereocenters. The zero-order valence-corrected chi connectivity index (χ0v) is 13.7. The average molecular weight is 333 g/mol. The van der Waals surface area contributed by atoms with Crippen molar-refractivity contribution in [3.8, 4) is 0 Å². The standard InChI is InChI=1S/C17H17ClN2O3/c1-11-5-6-13(8-12(11)2)9-16(22)23-10-15(21)20-14-4-3-7-19-17(14)18/h3-8H,9-10H2,1-2H3,(H,20,21). The maximum atomic E-state index is 11.8. The summed E-state index contributed by atoms with van der Waals surface area (Å²) in [4.78, 5) is 27.4. The van der Waals surface area contributed by atoms with Crippen LogP contribution >= 0.6 is 11.6 Å². The van der Waals surface area contributed by atoms with E-state index in [4.69, 9.17) is 16.3 Å². The number of ether oxygens (including phenoxy) is 1. The van der Waals surface area contributed by atoms with Gasteiger partial charge in [0.05, 0.1) is 12.1 Å². The molecule has 2 rings (SSSR count). The van der Waals surface area contributed by atoms with Gasteiger partial charge in [0.15, 0.2) is 11.8 Å². The number of nitrogens with one attached hydrogen (secondary N) is 1. The van der Waals surface area contributed by atoms with Crippen molar-refractivity contribution in [1.29, 1.82) is 0 Å². The van der Waals surface area contributed by atoms with E-state index in [0.717, 1.165) is 16.7 Å². The molecule has 0 bridgehead atoms. The van der Waals surface area contributed by atoms with Crippen LogP contribution in [0, 0.1) is 13.8 Å².